The summed E-state index contributed by atoms with van der Waals surface area (Å²) in [4.78, 5) is 16.8. The summed E-state index contributed by atoms with van der Waals surface area (Å²) >= 11 is 1.58. The summed E-state index contributed by atoms with van der Waals surface area (Å²) in [5.41, 5.74) is 1.30. The molecule has 1 aromatic heterocycles. The maximum Gasteiger partial charge on any atom is 0.225 e. The molecule has 1 amide bonds. The largest absolute Gasteiger partial charge is 0.326 e. The predicted molar refractivity (Wildman–Crippen MR) is 93.2 cm³/mol. The molecule has 1 heterocycles. The molecule has 0 atom stereocenters. The molecule has 0 aliphatic carbocycles. The molecule has 0 spiro atoms. The third-order valence-corrected chi connectivity index (χ3v) is 5.43. The maximum absolute atomic E-state index is 12.0. The number of hydrogen-bond donors (Lipinski definition) is 1. The van der Waals surface area contributed by atoms with Gasteiger partial charge in [0.15, 0.2) is 9.84 Å². The lowest BCUT2D eigenvalue weighted by Crippen LogP contribution is -2.18. The molecule has 0 bridgehead atoms. The minimum absolute atomic E-state index is 0.0634. The molecule has 0 fully saturated rings. The zero-order chi connectivity index (χ0) is 16.7. The standard InChI is InChI=1S/C16H18N2O3S2/c1-22-15-6-2-5-14(10-15)18-16(19)7-9-23(20,21)12-13-4-3-8-17-11-13/h2-6,8,10-11H,7,9,12H2,1H3,(H,18,19). The lowest BCUT2D eigenvalue weighted by atomic mass is 10.3. The van der Waals surface area contributed by atoms with Gasteiger partial charge in [0.1, 0.15) is 0 Å². The van der Waals surface area contributed by atoms with Crippen molar-refractivity contribution in [2.24, 2.45) is 0 Å². The van der Waals surface area contributed by atoms with E-state index in [1.165, 1.54) is 6.20 Å². The molecule has 7 heteroatoms. The van der Waals surface area contributed by atoms with Gasteiger partial charge < -0.3 is 5.32 Å². The topological polar surface area (TPSA) is 76.1 Å². The average Bonchev–Trinajstić information content (AvgIpc) is 2.54. The Bertz CT molecular complexity index is 762. The van der Waals surface area contributed by atoms with E-state index in [9.17, 15) is 13.2 Å². The predicted octanol–water partition coefficient (Wildman–Crippen LogP) is 2.75. The van der Waals surface area contributed by atoms with Gasteiger partial charge in [-0.3, -0.25) is 9.78 Å². The summed E-state index contributed by atoms with van der Waals surface area (Å²) in [7, 11) is -3.34. The molecule has 1 aromatic carbocycles. The van der Waals surface area contributed by atoms with Crippen molar-refractivity contribution in [1.82, 2.24) is 4.98 Å². The van der Waals surface area contributed by atoms with Crippen molar-refractivity contribution in [3.8, 4) is 0 Å². The zero-order valence-corrected chi connectivity index (χ0v) is 14.4. The van der Waals surface area contributed by atoms with Crippen molar-refractivity contribution >= 4 is 33.2 Å². The van der Waals surface area contributed by atoms with Crippen LogP contribution in [0.25, 0.3) is 0 Å². The fraction of sp³-hybridized carbons (Fsp3) is 0.250. The number of anilines is 1. The number of nitrogens with one attached hydrogen (secondary N) is 1. The van der Waals surface area contributed by atoms with Crippen molar-refractivity contribution in [2.75, 3.05) is 17.3 Å². The number of aromatic nitrogens is 1. The molecule has 2 rings (SSSR count). The van der Waals surface area contributed by atoms with Crippen LogP contribution in [0, 0.1) is 0 Å². The van der Waals surface area contributed by atoms with Gasteiger partial charge in [0.05, 0.1) is 11.5 Å². The van der Waals surface area contributed by atoms with Gasteiger partial charge in [-0.05, 0) is 36.1 Å². The summed E-state index contributed by atoms with van der Waals surface area (Å²) < 4.78 is 24.1. The highest BCUT2D eigenvalue weighted by atomic mass is 32.2. The smallest absolute Gasteiger partial charge is 0.225 e. The first-order valence-corrected chi connectivity index (χ1v) is 10.1. The van der Waals surface area contributed by atoms with Crippen LogP contribution in [0.1, 0.15) is 12.0 Å². The van der Waals surface area contributed by atoms with E-state index in [0.717, 1.165) is 4.90 Å². The maximum atomic E-state index is 12.0. The van der Waals surface area contributed by atoms with Crippen LogP contribution >= 0.6 is 11.8 Å². The van der Waals surface area contributed by atoms with Crippen LogP contribution in [0.4, 0.5) is 5.69 Å². The fourth-order valence-corrected chi connectivity index (χ4v) is 3.76. The Kier molecular flexibility index (Phi) is 6.18. The minimum atomic E-state index is -3.34. The van der Waals surface area contributed by atoms with E-state index in [4.69, 9.17) is 0 Å². The van der Waals surface area contributed by atoms with Crippen molar-refractivity contribution in [2.45, 2.75) is 17.1 Å². The number of sulfone groups is 1. The molecule has 0 saturated heterocycles. The molecule has 5 nitrogen and oxygen atoms in total. The lowest BCUT2D eigenvalue weighted by molar-refractivity contribution is -0.115. The Balaban J connectivity index is 1.88. The van der Waals surface area contributed by atoms with Crippen LogP contribution in [-0.4, -0.2) is 31.3 Å². The number of carbonyl (C=O) groups is 1. The van der Waals surface area contributed by atoms with Gasteiger partial charge >= 0.3 is 0 Å². The van der Waals surface area contributed by atoms with Crippen molar-refractivity contribution < 1.29 is 13.2 Å². The van der Waals surface area contributed by atoms with E-state index in [0.29, 0.717) is 11.3 Å². The number of pyridine rings is 1. The molecule has 0 radical (unpaired) electrons. The van der Waals surface area contributed by atoms with Crippen molar-refractivity contribution in [3.05, 3.63) is 54.4 Å². The van der Waals surface area contributed by atoms with Crippen LogP contribution in [0.5, 0.6) is 0 Å². The average molecular weight is 350 g/mol. The second-order valence-electron chi connectivity index (χ2n) is 4.98. The molecule has 0 aliphatic rings. The van der Waals surface area contributed by atoms with Crippen LogP contribution < -0.4 is 5.32 Å². The monoisotopic (exact) mass is 350 g/mol. The first kappa shape index (κ1) is 17.5. The van der Waals surface area contributed by atoms with E-state index in [2.05, 4.69) is 10.3 Å². The molecular weight excluding hydrogens is 332 g/mol. The van der Waals surface area contributed by atoms with Crippen LogP contribution in [0.2, 0.25) is 0 Å². The number of amides is 1. The van der Waals surface area contributed by atoms with E-state index >= 15 is 0 Å². The van der Waals surface area contributed by atoms with Crippen molar-refractivity contribution in [1.29, 1.82) is 0 Å². The Morgan fingerprint density at radius 1 is 1.26 bits per heavy atom. The van der Waals surface area contributed by atoms with E-state index in [1.807, 2.05) is 24.5 Å². The normalized spacial score (nSPS) is 11.2. The molecule has 1 N–H and O–H groups in total. The van der Waals surface area contributed by atoms with Crippen LogP contribution in [0.15, 0.2) is 53.7 Å². The number of thioether (sulfide) groups is 1. The molecule has 0 aliphatic heterocycles. The first-order chi connectivity index (χ1) is 11.0. The van der Waals surface area contributed by atoms with Gasteiger partial charge in [-0.15, -0.1) is 11.8 Å². The van der Waals surface area contributed by atoms with Gasteiger partial charge in [0, 0.05) is 29.4 Å². The third-order valence-electron chi connectivity index (χ3n) is 3.10. The molecule has 0 unspecified atom stereocenters. The number of nitrogens with zero attached hydrogens (tertiary/aromatic N) is 1. The molecular formula is C16H18N2O3S2. The Hall–Kier alpha value is -1.86. The Labute approximate surface area is 140 Å². The van der Waals surface area contributed by atoms with E-state index < -0.39 is 9.84 Å². The summed E-state index contributed by atoms with van der Waals surface area (Å²) in [6.45, 7) is 0. The van der Waals surface area contributed by atoms with Gasteiger partial charge in [0.2, 0.25) is 5.91 Å². The molecule has 23 heavy (non-hydrogen) atoms. The highest BCUT2D eigenvalue weighted by Crippen LogP contribution is 2.19. The van der Waals surface area contributed by atoms with Gasteiger partial charge in [-0.25, -0.2) is 8.42 Å². The number of benzene rings is 1. The SMILES string of the molecule is CSc1cccc(NC(=O)CCS(=O)(=O)Cc2cccnc2)c1. The highest BCUT2D eigenvalue weighted by molar-refractivity contribution is 7.98. The number of carbonyl (C=O) groups excluding carboxylic acids is 1. The van der Waals surface area contributed by atoms with Gasteiger partial charge in [0.25, 0.3) is 0 Å². The molecule has 0 saturated carbocycles. The lowest BCUT2D eigenvalue weighted by Gasteiger charge is -2.07. The summed E-state index contributed by atoms with van der Waals surface area (Å²) in [5.74, 6) is -0.593. The Morgan fingerprint density at radius 2 is 2.09 bits per heavy atom. The van der Waals surface area contributed by atoms with E-state index in [1.54, 1.807) is 36.2 Å². The number of hydrogen-bond acceptors (Lipinski definition) is 5. The summed E-state index contributed by atoms with van der Waals surface area (Å²) in [6, 6.07) is 10.8. The second kappa shape index (κ2) is 8.12. The Morgan fingerprint density at radius 3 is 2.78 bits per heavy atom. The fourth-order valence-electron chi connectivity index (χ4n) is 1.98. The first-order valence-electron chi connectivity index (χ1n) is 7.02. The second-order valence-corrected chi connectivity index (χ2v) is 8.05. The highest BCUT2D eigenvalue weighted by Gasteiger charge is 2.15. The van der Waals surface area contributed by atoms with Crippen LogP contribution in [0.3, 0.4) is 0 Å². The molecule has 122 valence electrons. The van der Waals surface area contributed by atoms with Crippen LogP contribution in [-0.2, 0) is 20.4 Å². The summed E-state index contributed by atoms with van der Waals surface area (Å²) in [6.07, 6.45) is 5.00. The zero-order valence-electron chi connectivity index (χ0n) is 12.7. The van der Waals surface area contributed by atoms with Crippen molar-refractivity contribution in [3.63, 3.8) is 0 Å². The van der Waals surface area contributed by atoms with Gasteiger partial charge in [-0.1, -0.05) is 12.1 Å². The number of rotatable bonds is 7. The molecule has 2 aromatic rings. The van der Waals surface area contributed by atoms with E-state index in [-0.39, 0.29) is 23.8 Å². The third kappa shape index (κ3) is 6.03. The quantitative estimate of drug-likeness (QED) is 0.777. The summed E-state index contributed by atoms with van der Waals surface area (Å²) in [5, 5.41) is 2.72. The minimum Gasteiger partial charge on any atom is -0.326 e. The van der Waals surface area contributed by atoms with Gasteiger partial charge in [-0.2, -0.15) is 0 Å².